The zero-order valence-electron chi connectivity index (χ0n) is 10.9. The molecule has 0 spiro atoms. The van der Waals surface area contributed by atoms with Crippen LogP contribution in [-0.4, -0.2) is 18.1 Å². The van der Waals surface area contributed by atoms with Gasteiger partial charge in [-0.25, -0.2) is 0 Å². The van der Waals surface area contributed by atoms with Gasteiger partial charge in [0.05, 0.1) is 0 Å². The lowest BCUT2D eigenvalue weighted by Gasteiger charge is -2.19. The van der Waals surface area contributed by atoms with Crippen LogP contribution in [0.15, 0.2) is 42.5 Å². The standard InChI is InChI=1S/C15H16N2O2/c1-10-13(7-4-8-14(10)18)15(19)17(2)12-6-3-5-11(16)9-12/h3-9,18H,16H2,1-2H3. The second-order valence-electron chi connectivity index (χ2n) is 4.41. The summed E-state index contributed by atoms with van der Waals surface area (Å²) in [5.74, 6) is -0.0641. The SMILES string of the molecule is Cc1c(O)cccc1C(=O)N(C)c1cccc(N)c1. The maximum atomic E-state index is 12.4. The molecule has 0 aliphatic heterocycles. The van der Waals surface area contributed by atoms with E-state index in [2.05, 4.69) is 0 Å². The van der Waals surface area contributed by atoms with E-state index in [0.717, 1.165) is 0 Å². The van der Waals surface area contributed by atoms with Gasteiger partial charge in [-0.05, 0) is 37.3 Å². The molecular weight excluding hydrogens is 240 g/mol. The molecule has 0 atom stereocenters. The molecule has 0 saturated heterocycles. The molecule has 0 unspecified atom stereocenters. The molecule has 2 rings (SSSR count). The van der Waals surface area contributed by atoms with Crippen LogP contribution in [0.1, 0.15) is 15.9 Å². The van der Waals surface area contributed by atoms with E-state index in [1.807, 2.05) is 6.07 Å². The van der Waals surface area contributed by atoms with Crippen molar-refractivity contribution < 1.29 is 9.90 Å². The van der Waals surface area contributed by atoms with Crippen LogP contribution in [0, 0.1) is 6.92 Å². The fourth-order valence-corrected chi connectivity index (χ4v) is 1.89. The van der Waals surface area contributed by atoms with Gasteiger partial charge in [0, 0.05) is 29.5 Å². The van der Waals surface area contributed by atoms with E-state index in [4.69, 9.17) is 5.73 Å². The fraction of sp³-hybridized carbons (Fsp3) is 0.133. The molecule has 0 aliphatic carbocycles. The molecule has 2 aromatic rings. The summed E-state index contributed by atoms with van der Waals surface area (Å²) >= 11 is 0. The van der Waals surface area contributed by atoms with Gasteiger partial charge in [0.25, 0.3) is 5.91 Å². The van der Waals surface area contributed by atoms with Gasteiger partial charge in [-0.15, -0.1) is 0 Å². The van der Waals surface area contributed by atoms with Gasteiger partial charge in [0.15, 0.2) is 0 Å². The fourth-order valence-electron chi connectivity index (χ4n) is 1.89. The van der Waals surface area contributed by atoms with Crippen molar-refractivity contribution in [1.29, 1.82) is 0 Å². The molecule has 0 aliphatic rings. The van der Waals surface area contributed by atoms with Gasteiger partial charge in [-0.2, -0.15) is 0 Å². The Morgan fingerprint density at radius 3 is 2.58 bits per heavy atom. The van der Waals surface area contributed by atoms with Gasteiger partial charge in [0.1, 0.15) is 5.75 Å². The number of hydrogen-bond acceptors (Lipinski definition) is 3. The van der Waals surface area contributed by atoms with Crippen LogP contribution < -0.4 is 10.6 Å². The summed E-state index contributed by atoms with van der Waals surface area (Å²) in [5.41, 5.74) is 8.08. The topological polar surface area (TPSA) is 66.6 Å². The Morgan fingerprint density at radius 2 is 1.89 bits per heavy atom. The highest BCUT2D eigenvalue weighted by Gasteiger charge is 2.17. The summed E-state index contributed by atoms with van der Waals surface area (Å²) in [5, 5.41) is 9.65. The third kappa shape index (κ3) is 2.52. The lowest BCUT2D eigenvalue weighted by Crippen LogP contribution is -2.26. The molecule has 0 saturated carbocycles. The number of rotatable bonds is 2. The van der Waals surface area contributed by atoms with Crippen LogP contribution in [-0.2, 0) is 0 Å². The average molecular weight is 256 g/mol. The maximum absolute atomic E-state index is 12.4. The number of aromatic hydroxyl groups is 1. The summed E-state index contributed by atoms with van der Waals surface area (Å²) in [7, 11) is 1.68. The van der Waals surface area contributed by atoms with Crippen LogP contribution in [0.4, 0.5) is 11.4 Å². The molecule has 0 aromatic heterocycles. The second-order valence-corrected chi connectivity index (χ2v) is 4.41. The molecular formula is C15H16N2O2. The molecule has 0 bridgehead atoms. The molecule has 3 N–H and O–H groups in total. The summed E-state index contributed by atoms with van der Waals surface area (Å²) < 4.78 is 0. The minimum absolute atomic E-state index is 0.117. The number of hydrogen-bond donors (Lipinski definition) is 2. The lowest BCUT2D eigenvalue weighted by molar-refractivity contribution is 0.0992. The van der Waals surface area contributed by atoms with E-state index in [1.54, 1.807) is 50.4 Å². The Kier molecular flexibility index (Phi) is 3.42. The van der Waals surface area contributed by atoms with Crippen molar-refractivity contribution in [3.63, 3.8) is 0 Å². The molecule has 0 radical (unpaired) electrons. The summed E-state index contributed by atoms with van der Waals surface area (Å²) in [4.78, 5) is 13.9. The minimum atomic E-state index is -0.181. The van der Waals surface area contributed by atoms with E-state index >= 15 is 0 Å². The lowest BCUT2D eigenvalue weighted by atomic mass is 10.1. The van der Waals surface area contributed by atoms with Crippen LogP contribution in [0.2, 0.25) is 0 Å². The van der Waals surface area contributed by atoms with Gasteiger partial charge in [-0.3, -0.25) is 4.79 Å². The van der Waals surface area contributed by atoms with Crippen molar-refractivity contribution in [2.75, 3.05) is 17.7 Å². The van der Waals surface area contributed by atoms with Gasteiger partial charge in [-0.1, -0.05) is 12.1 Å². The van der Waals surface area contributed by atoms with Crippen molar-refractivity contribution in [2.45, 2.75) is 6.92 Å². The molecule has 2 aromatic carbocycles. The Hall–Kier alpha value is -2.49. The number of anilines is 2. The van der Waals surface area contributed by atoms with E-state index in [-0.39, 0.29) is 11.7 Å². The molecule has 19 heavy (non-hydrogen) atoms. The monoisotopic (exact) mass is 256 g/mol. The zero-order valence-corrected chi connectivity index (χ0v) is 10.9. The number of nitrogens with two attached hydrogens (primary N) is 1. The Bertz CT molecular complexity index is 623. The highest BCUT2D eigenvalue weighted by Crippen LogP contribution is 2.23. The number of amides is 1. The molecule has 0 fully saturated rings. The predicted octanol–water partition coefficient (Wildman–Crippen LogP) is 2.56. The van der Waals surface area contributed by atoms with Crippen molar-refractivity contribution in [3.8, 4) is 5.75 Å². The van der Waals surface area contributed by atoms with E-state index in [0.29, 0.717) is 22.5 Å². The van der Waals surface area contributed by atoms with E-state index in [9.17, 15) is 9.90 Å². The number of carbonyl (C=O) groups excluding carboxylic acids is 1. The number of phenols is 1. The Labute approximate surface area is 112 Å². The number of nitrogen functional groups attached to an aromatic ring is 1. The van der Waals surface area contributed by atoms with E-state index in [1.165, 1.54) is 4.90 Å². The van der Waals surface area contributed by atoms with Crippen LogP contribution >= 0.6 is 0 Å². The van der Waals surface area contributed by atoms with Crippen LogP contribution in [0.25, 0.3) is 0 Å². The Morgan fingerprint density at radius 1 is 1.21 bits per heavy atom. The minimum Gasteiger partial charge on any atom is -0.508 e. The van der Waals surface area contributed by atoms with Gasteiger partial charge >= 0.3 is 0 Å². The molecule has 4 heteroatoms. The van der Waals surface area contributed by atoms with Crippen molar-refractivity contribution in [3.05, 3.63) is 53.6 Å². The normalized spacial score (nSPS) is 10.2. The zero-order chi connectivity index (χ0) is 14.0. The van der Waals surface area contributed by atoms with E-state index < -0.39 is 0 Å². The number of phenolic OH excluding ortho intramolecular Hbond substituents is 1. The van der Waals surface area contributed by atoms with Crippen molar-refractivity contribution in [2.24, 2.45) is 0 Å². The first-order chi connectivity index (χ1) is 9.00. The second kappa shape index (κ2) is 5.02. The first-order valence-electron chi connectivity index (χ1n) is 5.93. The summed E-state index contributed by atoms with van der Waals surface area (Å²) in [6, 6.07) is 12.0. The maximum Gasteiger partial charge on any atom is 0.258 e. The van der Waals surface area contributed by atoms with Crippen LogP contribution in [0.3, 0.4) is 0 Å². The number of benzene rings is 2. The first kappa shape index (κ1) is 13.0. The summed E-state index contributed by atoms with van der Waals surface area (Å²) in [6.07, 6.45) is 0. The van der Waals surface area contributed by atoms with Gasteiger partial charge in [0.2, 0.25) is 0 Å². The third-order valence-electron chi connectivity index (χ3n) is 3.10. The Balaban J connectivity index is 2.36. The molecule has 1 amide bonds. The van der Waals surface area contributed by atoms with Crippen molar-refractivity contribution >= 4 is 17.3 Å². The highest BCUT2D eigenvalue weighted by molar-refractivity contribution is 6.07. The first-order valence-corrected chi connectivity index (χ1v) is 5.93. The van der Waals surface area contributed by atoms with Gasteiger partial charge < -0.3 is 15.7 Å². The predicted molar refractivity (Wildman–Crippen MR) is 76.4 cm³/mol. The average Bonchev–Trinajstić information content (AvgIpc) is 2.40. The largest absolute Gasteiger partial charge is 0.508 e. The number of carbonyl (C=O) groups is 1. The molecule has 98 valence electrons. The summed E-state index contributed by atoms with van der Waals surface area (Å²) in [6.45, 7) is 1.72. The third-order valence-corrected chi connectivity index (χ3v) is 3.10. The van der Waals surface area contributed by atoms with Crippen molar-refractivity contribution in [1.82, 2.24) is 0 Å². The smallest absolute Gasteiger partial charge is 0.258 e. The quantitative estimate of drug-likeness (QED) is 0.811. The highest BCUT2D eigenvalue weighted by atomic mass is 16.3. The van der Waals surface area contributed by atoms with Crippen LogP contribution in [0.5, 0.6) is 5.75 Å². The molecule has 4 nitrogen and oxygen atoms in total. The number of nitrogens with zero attached hydrogens (tertiary/aromatic N) is 1. The molecule has 0 heterocycles.